The number of ketones is 1. The minimum absolute atomic E-state index is 0.171. The van der Waals surface area contributed by atoms with Gasteiger partial charge in [-0.1, -0.05) is 12.1 Å². The molecule has 1 atom stereocenters. The van der Waals surface area contributed by atoms with E-state index in [0.717, 1.165) is 0 Å². The average molecular weight is 370 g/mol. The molecule has 0 aromatic heterocycles. The Labute approximate surface area is 147 Å². The molecule has 0 bridgehead atoms. The van der Waals surface area contributed by atoms with Crippen LogP contribution in [0.1, 0.15) is 45.0 Å². The zero-order valence-electron chi connectivity index (χ0n) is 14.7. The van der Waals surface area contributed by atoms with Crippen LogP contribution in [0.2, 0.25) is 0 Å². The van der Waals surface area contributed by atoms with E-state index in [0.29, 0.717) is 5.56 Å². The minimum Gasteiger partial charge on any atom is -0.444 e. The van der Waals surface area contributed by atoms with Gasteiger partial charge in [0.25, 0.3) is 15.9 Å². The van der Waals surface area contributed by atoms with E-state index in [1.165, 1.54) is 38.1 Å². The molecule has 1 aromatic carbocycles. The topological polar surface area (TPSA) is 119 Å². The number of carbonyl (C=O) groups is 3. The molecule has 0 aliphatic carbocycles. The molecule has 0 spiro atoms. The van der Waals surface area contributed by atoms with Crippen molar-refractivity contribution in [3.63, 3.8) is 0 Å². The summed E-state index contributed by atoms with van der Waals surface area (Å²) in [6.07, 6.45) is -0.835. The molecule has 0 unspecified atom stereocenters. The summed E-state index contributed by atoms with van der Waals surface area (Å²) in [6.45, 7) is 7.66. The summed E-state index contributed by atoms with van der Waals surface area (Å²) in [5.41, 5.74) is -0.393. The molecule has 0 fully saturated rings. The Balaban J connectivity index is 2.77. The third-order valence-electron chi connectivity index (χ3n) is 2.93. The standard InChI is InChI=1S/C16H22N2O6S/c1-10(17-15(21)24-16(3,4)5)14(20)18-25(22,23)13-8-6-12(7-9-13)11(2)19/h6-10H,1-5H3,(H,17,21)(H,18,20)/t10-/m0/s1. The summed E-state index contributed by atoms with van der Waals surface area (Å²) in [5, 5.41) is 2.25. The van der Waals surface area contributed by atoms with Crippen molar-refractivity contribution >= 4 is 27.8 Å². The summed E-state index contributed by atoms with van der Waals surface area (Å²) >= 11 is 0. The molecule has 1 rings (SSSR count). The second-order valence-corrected chi connectivity index (χ2v) is 8.10. The van der Waals surface area contributed by atoms with Crippen molar-refractivity contribution in [2.24, 2.45) is 0 Å². The van der Waals surface area contributed by atoms with Crippen LogP contribution in [0.15, 0.2) is 29.2 Å². The van der Waals surface area contributed by atoms with Gasteiger partial charge in [-0.2, -0.15) is 0 Å². The number of benzene rings is 1. The highest BCUT2D eigenvalue weighted by Crippen LogP contribution is 2.11. The number of amides is 2. The quantitative estimate of drug-likeness (QED) is 0.760. The number of hydrogen-bond acceptors (Lipinski definition) is 6. The van der Waals surface area contributed by atoms with E-state index in [9.17, 15) is 22.8 Å². The molecule has 0 radical (unpaired) electrons. The van der Waals surface area contributed by atoms with Crippen LogP contribution in [-0.4, -0.2) is 37.8 Å². The third kappa shape index (κ3) is 6.54. The molecule has 2 amide bonds. The Bertz CT molecular complexity index is 763. The van der Waals surface area contributed by atoms with Crippen molar-refractivity contribution in [2.75, 3.05) is 0 Å². The van der Waals surface area contributed by atoms with Gasteiger partial charge < -0.3 is 10.1 Å². The lowest BCUT2D eigenvalue weighted by atomic mass is 10.2. The van der Waals surface area contributed by atoms with Gasteiger partial charge in [0, 0.05) is 5.56 Å². The van der Waals surface area contributed by atoms with E-state index in [2.05, 4.69) is 5.32 Å². The first-order valence-electron chi connectivity index (χ1n) is 7.49. The number of carbonyl (C=O) groups excluding carboxylic acids is 3. The van der Waals surface area contributed by atoms with Gasteiger partial charge in [0.2, 0.25) is 0 Å². The minimum atomic E-state index is -4.12. The Morgan fingerprint density at radius 3 is 2.04 bits per heavy atom. The summed E-state index contributed by atoms with van der Waals surface area (Å²) in [6, 6.07) is 4.02. The second kappa shape index (κ2) is 7.64. The molecule has 25 heavy (non-hydrogen) atoms. The molecule has 138 valence electrons. The second-order valence-electron chi connectivity index (χ2n) is 6.42. The maximum atomic E-state index is 12.2. The highest BCUT2D eigenvalue weighted by molar-refractivity contribution is 7.90. The largest absolute Gasteiger partial charge is 0.444 e. The number of Topliss-reactive ketones (excluding diaryl/α,β-unsaturated/α-hetero) is 1. The van der Waals surface area contributed by atoms with Gasteiger partial charge in [-0.05, 0) is 46.8 Å². The molecule has 9 heteroatoms. The monoisotopic (exact) mass is 370 g/mol. The summed E-state index contributed by atoms with van der Waals surface area (Å²) < 4.78 is 31.2. The first-order chi connectivity index (χ1) is 11.3. The van der Waals surface area contributed by atoms with Crippen molar-refractivity contribution in [3.05, 3.63) is 29.8 Å². The normalized spacial score (nSPS) is 12.8. The lowest BCUT2D eigenvalue weighted by Crippen LogP contribution is -2.47. The van der Waals surface area contributed by atoms with Crippen molar-refractivity contribution in [1.82, 2.24) is 10.0 Å². The van der Waals surface area contributed by atoms with Gasteiger partial charge in [0.05, 0.1) is 4.90 Å². The van der Waals surface area contributed by atoms with Crippen molar-refractivity contribution in [3.8, 4) is 0 Å². The van der Waals surface area contributed by atoms with Crippen LogP contribution in [0.4, 0.5) is 4.79 Å². The molecule has 0 aliphatic rings. The number of alkyl carbamates (subject to hydrolysis) is 1. The van der Waals surface area contributed by atoms with Crippen LogP contribution in [0.5, 0.6) is 0 Å². The van der Waals surface area contributed by atoms with Crippen LogP contribution in [-0.2, 0) is 19.6 Å². The van der Waals surface area contributed by atoms with Gasteiger partial charge >= 0.3 is 6.09 Å². The van der Waals surface area contributed by atoms with E-state index in [4.69, 9.17) is 4.74 Å². The lowest BCUT2D eigenvalue weighted by molar-refractivity contribution is -0.121. The number of nitrogens with one attached hydrogen (secondary N) is 2. The molecule has 0 aliphatic heterocycles. The van der Waals surface area contributed by atoms with Crippen LogP contribution >= 0.6 is 0 Å². The number of hydrogen-bond donors (Lipinski definition) is 2. The highest BCUT2D eigenvalue weighted by atomic mass is 32.2. The molecule has 2 N–H and O–H groups in total. The highest BCUT2D eigenvalue weighted by Gasteiger charge is 2.25. The third-order valence-corrected chi connectivity index (χ3v) is 4.30. The molecular weight excluding hydrogens is 348 g/mol. The fraction of sp³-hybridized carbons (Fsp3) is 0.438. The van der Waals surface area contributed by atoms with Crippen LogP contribution in [0.25, 0.3) is 0 Å². The van der Waals surface area contributed by atoms with E-state index >= 15 is 0 Å². The van der Waals surface area contributed by atoms with Crippen molar-refractivity contribution in [1.29, 1.82) is 0 Å². The fourth-order valence-corrected chi connectivity index (χ4v) is 2.75. The van der Waals surface area contributed by atoms with Crippen molar-refractivity contribution < 1.29 is 27.5 Å². The van der Waals surface area contributed by atoms with Gasteiger partial charge in [0.15, 0.2) is 5.78 Å². The van der Waals surface area contributed by atoms with Gasteiger partial charge in [-0.25, -0.2) is 17.9 Å². The number of ether oxygens (including phenoxy) is 1. The van der Waals surface area contributed by atoms with E-state index in [1.807, 2.05) is 4.72 Å². The Morgan fingerprint density at radius 2 is 1.60 bits per heavy atom. The Morgan fingerprint density at radius 1 is 1.08 bits per heavy atom. The molecule has 0 saturated carbocycles. The maximum absolute atomic E-state index is 12.2. The van der Waals surface area contributed by atoms with E-state index in [-0.39, 0.29) is 10.7 Å². The van der Waals surface area contributed by atoms with Gasteiger partial charge in [-0.3, -0.25) is 9.59 Å². The van der Waals surface area contributed by atoms with Crippen molar-refractivity contribution in [2.45, 2.75) is 51.2 Å². The smallest absolute Gasteiger partial charge is 0.408 e. The summed E-state index contributed by atoms with van der Waals surface area (Å²) in [5.74, 6) is -1.12. The van der Waals surface area contributed by atoms with E-state index in [1.54, 1.807) is 20.8 Å². The lowest BCUT2D eigenvalue weighted by Gasteiger charge is -2.21. The molecule has 0 heterocycles. The molecule has 0 saturated heterocycles. The van der Waals surface area contributed by atoms with Crippen LogP contribution < -0.4 is 10.0 Å². The molecular formula is C16H22N2O6S. The van der Waals surface area contributed by atoms with Gasteiger partial charge in [-0.15, -0.1) is 0 Å². The van der Waals surface area contributed by atoms with Gasteiger partial charge in [0.1, 0.15) is 11.6 Å². The zero-order valence-corrected chi connectivity index (χ0v) is 15.6. The Hall–Kier alpha value is -2.42. The Kier molecular flexibility index (Phi) is 6.31. The first-order valence-corrected chi connectivity index (χ1v) is 8.97. The van der Waals surface area contributed by atoms with E-state index < -0.39 is 33.7 Å². The SMILES string of the molecule is CC(=O)c1ccc(S(=O)(=O)NC(=O)[C@H](C)NC(=O)OC(C)(C)C)cc1. The zero-order chi connectivity index (χ0) is 19.4. The summed E-state index contributed by atoms with van der Waals surface area (Å²) in [4.78, 5) is 34.6. The predicted molar refractivity (Wildman–Crippen MR) is 90.6 cm³/mol. The first kappa shape index (κ1) is 20.6. The average Bonchev–Trinajstić information content (AvgIpc) is 2.44. The summed E-state index contributed by atoms with van der Waals surface area (Å²) in [7, 11) is -4.12. The molecule has 1 aromatic rings. The number of sulfonamides is 1. The fourth-order valence-electron chi connectivity index (χ4n) is 1.70. The predicted octanol–water partition coefficient (Wildman–Crippen LogP) is 1.61. The van der Waals surface area contributed by atoms with Crippen LogP contribution in [0, 0.1) is 0 Å². The number of rotatable bonds is 5. The van der Waals surface area contributed by atoms with Crippen LogP contribution in [0.3, 0.4) is 0 Å². The molecule has 8 nitrogen and oxygen atoms in total. The maximum Gasteiger partial charge on any atom is 0.408 e.